The molecule has 0 spiro atoms. The van der Waals surface area contributed by atoms with E-state index in [2.05, 4.69) is 19.0 Å². The van der Waals surface area contributed by atoms with Crippen molar-refractivity contribution in [2.75, 3.05) is 20.6 Å². The van der Waals surface area contributed by atoms with E-state index in [0.717, 1.165) is 18.5 Å². The lowest BCUT2D eigenvalue weighted by Crippen LogP contribution is -2.33. The lowest BCUT2D eigenvalue weighted by molar-refractivity contribution is 0.196. The first-order valence-electron chi connectivity index (χ1n) is 4.60. The van der Waals surface area contributed by atoms with Gasteiger partial charge >= 0.3 is 0 Å². The van der Waals surface area contributed by atoms with Gasteiger partial charge < -0.3 is 10.6 Å². The Bertz CT molecular complexity index is 104. The first kappa shape index (κ1) is 9.01. The van der Waals surface area contributed by atoms with Crippen molar-refractivity contribution in [3.05, 3.63) is 0 Å². The summed E-state index contributed by atoms with van der Waals surface area (Å²) in [4.78, 5) is 2.34. The van der Waals surface area contributed by atoms with E-state index in [1.54, 1.807) is 0 Å². The molecule has 66 valence electrons. The standard InChI is InChI=1S/C9H20N2/c1-11(2)9-5-3-8(7-10)4-6-9/h8-9H,3-7,10H2,1-2H3/t8-,9-. The van der Waals surface area contributed by atoms with Crippen molar-refractivity contribution in [2.45, 2.75) is 31.7 Å². The number of rotatable bonds is 2. The zero-order valence-corrected chi connectivity index (χ0v) is 7.71. The summed E-state index contributed by atoms with van der Waals surface area (Å²) in [6, 6.07) is 0.817. The van der Waals surface area contributed by atoms with Crippen LogP contribution in [0.25, 0.3) is 0 Å². The molecule has 2 nitrogen and oxygen atoms in total. The van der Waals surface area contributed by atoms with Gasteiger partial charge in [0.15, 0.2) is 0 Å². The van der Waals surface area contributed by atoms with Gasteiger partial charge in [-0.15, -0.1) is 0 Å². The van der Waals surface area contributed by atoms with E-state index in [9.17, 15) is 0 Å². The van der Waals surface area contributed by atoms with Crippen molar-refractivity contribution >= 4 is 0 Å². The molecule has 0 aliphatic heterocycles. The van der Waals surface area contributed by atoms with Crippen LogP contribution >= 0.6 is 0 Å². The fraction of sp³-hybridized carbons (Fsp3) is 1.00. The Labute approximate surface area is 69.8 Å². The minimum atomic E-state index is 0.811. The average Bonchev–Trinajstić information content (AvgIpc) is 2.05. The van der Waals surface area contributed by atoms with Crippen molar-refractivity contribution < 1.29 is 0 Å². The number of nitrogens with zero attached hydrogens (tertiary/aromatic N) is 1. The maximum absolute atomic E-state index is 5.61. The zero-order valence-electron chi connectivity index (χ0n) is 7.71. The molecule has 0 aromatic carbocycles. The molecule has 1 fully saturated rings. The average molecular weight is 156 g/mol. The van der Waals surface area contributed by atoms with Gasteiger partial charge in [0.2, 0.25) is 0 Å². The van der Waals surface area contributed by atoms with Gasteiger partial charge in [-0.2, -0.15) is 0 Å². The summed E-state index contributed by atoms with van der Waals surface area (Å²) in [5.74, 6) is 0.811. The normalized spacial score (nSPS) is 32.7. The molecule has 2 N–H and O–H groups in total. The molecule has 0 atom stereocenters. The highest BCUT2D eigenvalue weighted by molar-refractivity contribution is 4.76. The third-order valence-electron chi connectivity index (χ3n) is 2.88. The molecule has 0 bridgehead atoms. The molecule has 1 aliphatic rings. The van der Waals surface area contributed by atoms with E-state index in [1.807, 2.05) is 0 Å². The van der Waals surface area contributed by atoms with Crippen LogP contribution in [-0.2, 0) is 0 Å². The van der Waals surface area contributed by atoms with Gasteiger partial charge in [-0.1, -0.05) is 0 Å². The Kier molecular flexibility index (Phi) is 3.34. The molecule has 0 aromatic heterocycles. The van der Waals surface area contributed by atoms with E-state index in [4.69, 9.17) is 5.73 Å². The summed E-state index contributed by atoms with van der Waals surface area (Å²) in [6.07, 6.45) is 5.35. The summed E-state index contributed by atoms with van der Waals surface area (Å²) in [5, 5.41) is 0. The minimum absolute atomic E-state index is 0.811. The Morgan fingerprint density at radius 3 is 2.09 bits per heavy atom. The summed E-state index contributed by atoms with van der Waals surface area (Å²) in [7, 11) is 4.35. The minimum Gasteiger partial charge on any atom is -0.330 e. The fourth-order valence-corrected chi connectivity index (χ4v) is 1.90. The summed E-state index contributed by atoms with van der Waals surface area (Å²) in [6.45, 7) is 0.889. The van der Waals surface area contributed by atoms with Crippen LogP contribution < -0.4 is 5.73 Å². The first-order valence-corrected chi connectivity index (χ1v) is 4.60. The van der Waals surface area contributed by atoms with Gasteiger partial charge in [0.25, 0.3) is 0 Å². The zero-order chi connectivity index (χ0) is 8.27. The van der Waals surface area contributed by atoms with Crippen LogP contribution in [0.3, 0.4) is 0 Å². The molecule has 0 unspecified atom stereocenters. The van der Waals surface area contributed by atoms with E-state index in [1.165, 1.54) is 25.7 Å². The molecule has 1 rings (SSSR count). The highest BCUT2D eigenvalue weighted by atomic mass is 15.1. The van der Waals surface area contributed by atoms with Gasteiger partial charge in [-0.05, 0) is 52.2 Å². The lowest BCUT2D eigenvalue weighted by atomic mass is 9.86. The third-order valence-corrected chi connectivity index (χ3v) is 2.88. The van der Waals surface area contributed by atoms with Gasteiger partial charge in [0, 0.05) is 6.04 Å². The number of nitrogens with two attached hydrogens (primary N) is 1. The summed E-state index contributed by atoms with van der Waals surface area (Å²) >= 11 is 0. The maximum atomic E-state index is 5.61. The molecule has 0 amide bonds. The summed E-state index contributed by atoms with van der Waals surface area (Å²) in [5.41, 5.74) is 5.61. The topological polar surface area (TPSA) is 29.3 Å². The predicted molar refractivity (Wildman–Crippen MR) is 48.5 cm³/mol. The molecule has 2 heteroatoms. The molecule has 0 aromatic rings. The molecular weight excluding hydrogens is 136 g/mol. The Balaban J connectivity index is 2.24. The molecular formula is C9H20N2. The molecule has 11 heavy (non-hydrogen) atoms. The lowest BCUT2D eigenvalue weighted by Gasteiger charge is -2.31. The Morgan fingerprint density at radius 1 is 1.18 bits per heavy atom. The van der Waals surface area contributed by atoms with Crippen molar-refractivity contribution in [1.29, 1.82) is 0 Å². The second-order valence-electron chi connectivity index (χ2n) is 3.87. The van der Waals surface area contributed by atoms with Crippen LogP contribution in [0.2, 0.25) is 0 Å². The van der Waals surface area contributed by atoms with Gasteiger partial charge in [0.05, 0.1) is 0 Å². The van der Waals surface area contributed by atoms with Gasteiger partial charge in [0.1, 0.15) is 0 Å². The second kappa shape index (κ2) is 4.07. The van der Waals surface area contributed by atoms with Crippen LogP contribution in [0.1, 0.15) is 25.7 Å². The largest absolute Gasteiger partial charge is 0.330 e. The predicted octanol–water partition coefficient (Wildman–Crippen LogP) is 1.07. The monoisotopic (exact) mass is 156 g/mol. The van der Waals surface area contributed by atoms with Gasteiger partial charge in [-0.25, -0.2) is 0 Å². The SMILES string of the molecule is CN(C)[C@H]1CC[C@H](CN)CC1. The second-order valence-corrected chi connectivity index (χ2v) is 3.87. The molecule has 0 radical (unpaired) electrons. The first-order chi connectivity index (χ1) is 5.24. The molecule has 1 aliphatic carbocycles. The number of hydrogen-bond donors (Lipinski definition) is 1. The fourth-order valence-electron chi connectivity index (χ4n) is 1.90. The van der Waals surface area contributed by atoms with E-state index < -0.39 is 0 Å². The van der Waals surface area contributed by atoms with Crippen molar-refractivity contribution in [3.63, 3.8) is 0 Å². The number of hydrogen-bond acceptors (Lipinski definition) is 2. The van der Waals surface area contributed by atoms with Crippen molar-refractivity contribution in [1.82, 2.24) is 4.90 Å². The summed E-state index contributed by atoms with van der Waals surface area (Å²) < 4.78 is 0. The van der Waals surface area contributed by atoms with Crippen LogP contribution in [0, 0.1) is 5.92 Å². The van der Waals surface area contributed by atoms with E-state index in [0.29, 0.717) is 0 Å². The van der Waals surface area contributed by atoms with Crippen LogP contribution in [0.4, 0.5) is 0 Å². The molecule has 0 heterocycles. The third kappa shape index (κ3) is 2.46. The van der Waals surface area contributed by atoms with Crippen LogP contribution in [-0.4, -0.2) is 31.6 Å². The van der Waals surface area contributed by atoms with E-state index in [-0.39, 0.29) is 0 Å². The maximum Gasteiger partial charge on any atom is 0.00893 e. The Morgan fingerprint density at radius 2 is 1.73 bits per heavy atom. The molecule has 0 saturated heterocycles. The highest BCUT2D eigenvalue weighted by Crippen LogP contribution is 2.25. The molecule has 1 saturated carbocycles. The Hall–Kier alpha value is -0.0800. The van der Waals surface area contributed by atoms with Crippen molar-refractivity contribution in [2.24, 2.45) is 11.7 Å². The highest BCUT2D eigenvalue weighted by Gasteiger charge is 2.20. The smallest absolute Gasteiger partial charge is 0.00893 e. The van der Waals surface area contributed by atoms with Crippen LogP contribution in [0.15, 0.2) is 0 Å². The quantitative estimate of drug-likeness (QED) is 0.648. The van der Waals surface area contributed by atoms with Crippen molar-refractivity contribution in [3.8, 4) is 0 Å². The van der Waals surface area contributed by atoms with Gasteiger partial charge in [-0.3, -0.25) is 0 Å². The van der Waals surface area contributed by atoms with E-state index >= 15 is 0 Å². The van der Waals surface area contributed by atoms with Crippen LogP contribution in [0.5, 0.6) is 0 Å².